The molecule has 5 nitrogen and oxygen atoms in total. The summed E-state index contributed by atoms with van der Waals surface area (Å²) in [5.41, 5.74) is 1.99. The minimum Gasteiger partial charge on any atom is -0.492 e. The summed E-state index contributed by atoms with van der Waals surface area (Å²) >= 11 is 1.67. The molecule has 0 radical (unpaired) electrons. The highest BCUT2D eigenvalue weighted by Crippen LogP contribution is 2.28. The van der Waals surface area contributed by atoms with Crippen LogP contribution >= 0.6 is 11.8 Å². The summed E-state index contributed by atoms with van der Waals surface area (Å²) in [5.74, 6) is 0.969. The predicted molar refractivity (Wildman–Crippen MR) is 113 cm³/mol. The molecule has 27 heavy (non-hydrogen) atoms. The SMILES string of the molecule is CCOc1ccccc1N1CCN(CC(=O)Nc2cccc(SC)c2)CC1. The van der Waals surface area contributed by atoms with E-state index < -0.39 is 0 Å². The molecule has 1 heterocycles. The Bertz CT molecular complexity index is 761. The van der Waals surface area contributed by atoms with E-state index in [2.05, 4.69) is 21.2 Å². The molecule has 6 heteroatoms. The Morgan fingerprint density at radius 2 is 1.89 bits per heavy atom. The van der Waals surface area contributed by atoms with Crippen molar-refractivity contribution in [3.63, 3.8) is 0 Å². The van der Waals surface area contributed by atoms with Crippen molar-refractivity contribution in [2.24, 2.45) is 0 Å². The number of thioether (sulfide) groups is 1. The molecule has 1 saturated heterocycles. The van der Waals surface area contributed by atoms with E-state index in [9.17, 15) is 4.79 Å². The van der Waals surface area contributed by atoms with Gasteiger partial charge in [-0.2, -0.15) is 0 Å². The first-order chi connectivity index (χ1) is 13.2. The van der Waals surface area contributed by atoms with Crippen LogP contribution in [0.15, 0.2) is 53.4 Å². The molecule has 144 valence electrons. The van der Waals surface area contributed by atoms with Crippen molar-refractivity contribution in [3.8, 4) is 5.75 Å². The van der Waals surface area contributed by atoms with Crippen LogP contribution in [-0.2, 0) is 4.79 Å². The van der Waals surface area contributed by atoms with Crippen molar-refractivity contribution < 1.29 is 9.53 Å². The molecule has 1 aliphatic heterocycles. The molecule has 1 aliphatic rings. The van der Waals surface area contributed by atoms with Crippen molar-refractivity contribution in [1.82, 2.24) is 4.90 Å². The summed E-state index contributed by atoms with van der Waals surface area (Å²) < 4.78 is 5.75. The molecule has 0 saturated carbocycles. The van der Waals surface area contributed by atoms with Gasteiger partial charge in [0, 0.05) is 36.8 Å². The predicted octanol–water partition coefficient (Wildman–Crippen LogP) is 3.57. The van der Waals surface area contributed by atoms with Gasteiger partial charge < -0.3 is 15.0 Å². The van der Waals surface area contributed by atoms with Crippen molar-refractivity contribution in [2.75, 3.05) is 55.8 Å². The van der Waals surface area contributed by atoms with Gasteiger partial charge >= 0.3 is 0 Å². The molecule has 0 unspecified atom stereocenters. The lowest BCUT2D eigenvalue weighted by molar-refractivity contribution is -0.117. The van der Waals surface area contributed by atoms with E-state index in [-0.39, 0.29) is 5.91 Å². The van der Waals surface area contributed by atoms with E-state index in [0.717, 1.165) is 48.2 Å². The fraction of sp³-hybridized carbons (Fsp3) is 0.381. The smallest absolute Gasteiger partial charge is 0.238 e. The summed E-state index contributed by atoms with van der Waals surface area (Å²) in [6.07, 6.45) is 2.03. The minimum atomic E-state index is 0.0384. The van der Waals surface area contributed by atoms with Gasteiger partial charge in [0.1, 0.15) is 5.75 Å². The van der Waals surface area contributed by atoms with Gasteiger partial charge in [-0.3, -0.25) is 9.69 Å². The Kier molecular flexibility index (Phi) is 7.01. The number of nitrogens with zero attached hydrogens (tertiary/aromatic N) is 2. The van der Waals surface area contributed by atoms with Crippen LogP contribution in [0.2, 0.25) is 0 Å². The molecule has 1 N–H and O–H groups in total. The zero-order valence-electron chi connectivity index (χ0n) is 16.0. The van der Waals surface area contributed by atoms with E-state index >= 15 is 0 Å². The third-order valence-electron chi connectivity index (χ3n) is 4.60. The molecule has 1 fully saturated rings. The van der Waals surface area contributed by atoms with Crippen molar-refractivity contribution >= 4 is 29.0 Å². The molecule has 0 spiro atoms. The number of rotatable bonds is 7. The molecule has 2 aromatic carbocycles. The fourth-order valence-electron chi connectivity index (χ4n) is 3.25. The first kappa shape index (κ1) is 19.6. The van der Waals surface area contributed by atoms with Crippen LogP contribution in [0.4, 0.5) is 11.4 Å². The van der Waals surface area contributed by atoms with E-state index in [0.29, 0.717) is 13.2 Å². The first-order valence-corrected chi connectivity index (χ1v) is 10.5. The average Bonchev–Trinajstić information content (AvgIpc) is 2.69. The molecule has 0 aromatic heterocycles. The van der Waals surface area contributed by atoms with Gasteiger partial charge in [-0.15, -0.1) is 11.8 Å². The fourth-order valence-corrected chi connectivity index (χ4v) is 3.71. The lowest BCUT2D eigenvalue weighted by Gasteiger charge is -2.36. The molecule has 1 amide bonds. The Morgan fingerprint density at radius 1 is 1.11 bits per heavy atom. The Balaban J connectivity index is 1.51. The maximum Gasteiger partial charge on any atom is 0.238 e. The highest BCUT2D eigenvalue weighted by molar-refractivity contribution is 7.98. The summed E-state index contributed by atoms with van der Waals surface area (Å²) in [6.45, 7) is 6.58. The Hall–Kier alpha value is -2.18. The standard InChI is InChI=1S/C21H27N3O2S/c1-3-26-20-10-5-4-9-19(20)24-13-11-23(12-14-24)16-21(25)22-17-7-6-8-18(15-17)27-2/h4-10,15H,3,11-14,16H2,1-2H3,(H,22,25). The average molecular weight is 386 g/mol. The number of anilines is 2. The number of amides is 1. The topological polar surface area (TPSA) is 44.8 Å². The molecular formula is C21H27N3O2S. The molecule has 2 aromatic rings. The first-order valence-electron chi connectivity index (χ1n) is 9.32. The van der Waals surface area contributed by atoms with Crippen molar-refractivity contribution in [2.45, 2.75) is 11.8 Å². The van der Waals surface area contributed by atoms with Crippen molar-refractivity contribution in [3.05, 3.63) is 48.5 Å². The zero-order valence-corrected chi connectivity index (χ0v) is 16.8. The normalized spacial score (nSPS) is 14.8. The number of hydrogen-bond donors (Lipinski definition) is 1. The van der Waals surface area contributed by atoms with Gasteiger partial charge in [0.2, 0.25) is 5.91 Å². The summed E-state index contributed by atoms with van der Waals surface area (Å²) in [6, 6.07) is 16.1. The van der Waals surface area contributed by atoms with E-state index in [1.807, 2.05) is 55.6 Å². The number of piperazine rings is 1. The maximum absolute atomic E-state index is 12.4. The number of carbonyl (C=O) groups is 1. The number of para-hydroxylation sites is 2. The quantitative estimate of drug-likeness (QED) is 0.738. The van der Waals surface area contributed by atoms with Gasteiger partial charge in [0.05, 0.1) is 18.8 Å². The number of hydrogen-bond acceptors (Lipinski definition) is 5. The number of benzene rings is 2. The second-order valence-corrected chi connectivity index (χ2v) is 7.32. The zero-order chi connectivity index (χ0) is 19.1. The number of ether oxygens (including phenoxy) is 1. The van der Waals surface area contributed by atoms with Gasteiger partial charge in [0.15, 0.2) is 0 Å². The maximum atomic E-state index is 12.4. The minimum absolute atomic E-state index is 0.0384. The largest absolute Gasteiger partial charge is 0.492 e. The highest BCUT2D eigenvalue weighted by atomic mass is 32.2. The summed E-state index contributed by atoms with van der Waals surface area (Å²) in [4.78, 5) is 18.1. The Morgan fingerprint density at radius 3 is 2.63 bits per heavy atom. The molecule has 0 atom stereocenters. The lowest BCUT2D eigenvalue weighted by Crippen LogP contribution is -2.48. The highest BCUT2D eigenvalue weighted by Gasteiger charge is 2.21. The van der Waals surface area contributed by atoms with E-state index in [1.54, 1.807) is 11.8 Å². The van der Waals surface area contributed by atoms with Crippen LogP contribution < -0.4 is 15.0 Å². The van der Waals surface area contributed by atoms with E-state index in [4.69, 9.17) is 4.74 Å². The van der Waals surface area contributed by atoms with Crippen LogP contribution in [0.3, 0.4) is 0 Å². The molecule has 0 aliphatic carbocycles. The third-order valence-corrected chi connectivity index (χ3v) is 5.32. The lowest BCUT2D eigenvalue weighted by atomic mass is 10.2. The van der Waals surface area contributed by atoms with Crippen LogP contribution in [-0.4, -0.2) is 56.4 Å². The number of nitrogens with one attached hydrogen (secondary N) is 1. The number of carbonyl (C=O) groups excluding carboxylic acids is 1. The summed E-state index contributed by atoms with van der Waals surface area (Å²) in [5, 5.41) is 3.01. The van der Waals surface area contributed by atoms with Crippen LogP contribution in [0.1, 0.15) is 6.92 Å². The summed E-state index contributed by atoms with van der Waals surface area (Å²) in [7, 11) is 0. The second kappa shape index (κ2) is 9.67. The monoisotopic (exact) mass is 385 g/mol. The second-order valence-electron chi connectivity index (χ2n) is 6.44. The van der Waals surface area contributed by atoms with Gasteiger partial charge in [-0.1, -0.05) is 18.2 Å². The third kappa shape index (κ3) is 5.40. The van der Waals surface area contributed by atoms with E-state index in [1.165, 1.54) is 0 Å². The van der Waals surface area contributed by atoms with Crippen LogP contribution in [0.25, 0.3) is 0 Å². The Labute approximate surface area is 165 Å². The molecule has 3 rings (SSSR count). The van der Waals surface area contributed by atoms with Gasteiger partial charge in [0.25, 0.3) is 0 Å². The molecular weight excluding hydrogens is 358 g/mol. The van der Waals surface area contributed by atoms with Gasteiger partial charge in [-0.25, -0.2) is 0 Å². The van der Waals surface area contributed by atoms with Gasteiger partial charge in [-0.05, 0) is 43.5 Å². The molecule has 0 bridgehead atoms. The van der Waals surface area contributed by atoms with Crippen LogP contribution in [0, 0.1) is 0 Å². The van der Waals surface area contributed by atoms with Crippen molar-refractivity contribution in [1.29, 1.82) is 0 Å². The van der Waals surface area contributed by atoms with Crippen LogP contribution in [0.5, 0.6) is 5.75 Å².